The molecule has 1 atom stereocenters. The average Bonchev–Trinajstić information content (AvgIpc) is 3.30. The van der Waals surface area contributed by atoms with Gasteiger partial charge in [-0.15, -0.1) is 0 Å². The first-order valence-corrected chi connectivity index (χ1v) is 9.87. The number of hydrogen-bond donors (Lipinski definition) is 2. The van der Waals surface area contributed by atoms with Gasteiger partial charge in [-0.2, -0.15) is 0 Å². The molecule has 1 saturated heterocycles. The summed E-state index contributed by atoms with van der Waals surface area (Å²) >= 11 is 0. The van der Waals surface area contributed by atoms with Gasteiger partial charge in [-0.05, 0) is 53.3 Å². The highest BCUT2D eigenvalue weighted by Crippen LogP contribution is 2.23. The lowest BCUT2D eigenvalue weighted by molar-refractivity contribution is -0.677. The van der Waals surface area contributed by atoms with E-state index in [2.05, 4.69) is 10.6 Å². The molecule has 4 rings (SSSR count). The van der Waals surface area contributed by atoms with Crippen LogP contribution in [0.25, 0.3) is 5.69 Å². The van der Waals surface area contributed by atoms with Crippen molar-refractivity contribution in [3.8, 4) is 11.4 Å². The molecule has 0 spiro atoms. The fourth-order valence-corrected chi connectivity index (χ4v) is 3.51. The summed E-state index contributed by atoms with van der Waals surface area (Å²) in [6.07, 6.45) is -0.0500. The molecule has 10 heteroatoms. The van der Waals surface area contributed by atoms with Crippen LogP contribution in [0.1, 0.15) is 29.4 Å². The number of anilines is 1. The Balaban J connectivity index is 1.49. The van der Waals surface area contributed by atoms with Gasteiger partial charge in [0.2, 0.25) is 11.6 Å². The van der Waals surface area contributed by atoms with Crippen molar-refractivity contribution in [3.63, 3.8) is 0 Å². The Morgan fingerprint density at radius 1 is 1.16 bits per heavy atom. The van der Waals surface area contributed by atoms with E-state index >= 15 is 0 Å². The maximum atomic E-state index is 12.9. The van der Waals surface area contributed by atoms with Crippen LogP contribution in [0.15, 0.2) is 57.8 Å². The van der Waals surface area contributed by atoms with Gasteiger partial charge in [0.1, 0.15) is 5.75 Å². The van der Waals surface area contributed by atoms with E-state index in [0.717, 1.165) is 4.90 Å². The fourth-order valence-electron chi connectivity index (χ4n) is 3.51. The Hall–Kier alpha value is -4.05. The standard InChI is InChI=1S/C22H20N4O6/c1-13(27)14-3-5-15(6-4-14)25-20(28)11-18(21(25)29)23-12-19-22(30)32-24-26(19)16-7-9-17(31-2)10-8-16/h3-10,18,23H,11-12H2,1-2H3/p+1. The van der Waals surface area contributed by atoms with Gasteiger partial charge in [-0.1, -0.05) is 0 Å². The number of aromatic amines is 1. The van der Waals surface area contributed by atoms with E-state index in [9.17, 15) is 19.2 Å². The van der Waals surface area contributed by atoms with E-state index in [0.29, 0.717) is 22.7 Å². The molecular weight excluding hydrogens is 416 g/mol. The van der Waals surface area contributed by atoms with Crippen LogP contribution in [0.2, 0.25) is 0 Å². The smallest absolute Gasteiger partial charge is 0.431 e. The first-order valence-electron chi connectivity index (χ1n) is 9.87. The van der Waals surface area contributed by atoms with Crippen LogP contribution in [0, 0.1) is 0 Å². The molecular formula is C22H21N4O6+. The van der Waals surface area contributed by atoms with Crippen LogP contribution in [-0.4, -0.2) is 36.0 Å². The third kappa shape index (κ3) is 3.95. The van der Waals surface area contributed by atoms with Gasteiger partial charge in [0.25, 0.3) is 5.91 Å². The second kappa shape index (κ2) is 8.60. The number of carbonyl (C=O) groups is 3. The van der Waals surface area contributed by atoms with E-state index in [-0.39, 0.29) is 30.3 Å². The molecule has 2 heterocycles. The van der Waals surface area contributed by atoms with Gasteiger partial charge in [0, 0.05) is 17.7 Å². The predicted octanol–water partition coefficient (Wildman–Crippen LogP) is 0.877. The lowest BCUT2D eigenvalue weighted by atomic mass is 10.1. The zero-order valence-corrected chi connectivity index (χ0v) is 17.5. The first kappa shape index (κ1) is 21.2. The number of ketones is 1. The number of methoxy groups -OCH3 is 1. The number of nitrogens with zero attached hydrogens (tertiary/aromatic N) is 2. The van der Waals surface area contributed by atoms with Crippen LogP contribution >= 0.6 is 0 Å². The molecule has 164 valence electrons. The number of nitrogens with one attached hydrogen (secondary N) is 2. The van der Waals surface area contributed by atoms with Crippen LogP contribution in [0.5, 0.6) is 5.75 Å². The molecule has 1 aliphatic heterocycles. The van der Waals surface area contributed by atoms with E-state index in [4.69, 9.17) is 9.26 Å². The topological polar surface area (TPSA) is 126 Å². The van der Waals surface area contributed by atoms with Gasteiger partial charge in [0.05, 0.1) is 31.8 Å². The molecule has 3 aromatic rings. The minimum Gasteiger partial charge on any atom is -0.497 e. The summed E-state index contributed by atoms with van der Waals surface area (Å²) in [5.74, 6) is -0.245. The lowest BCUT2D eigenvalue weighted by Gasteiger charge is -2.15. The highest BCUT2D eigenvalue weighted by Gasteiger charge is 2.40. The van der Waals surface area contributed by atoms with Crippen LogP contribution in [-0.2, 0) is 16.1 Å². The van der Waals surface area contributed by atoms with Gasteiger partial charge in [0.15, 0.2) is 5.78 Å². The van der Waals surface area contributed by atoms with Crippen molar-refractivity contribution >= 4 is 23.3 Å². The Kier molecular flexibility index (Phi) is 5.69. The van der Waals surface area contributed by atoms with Crippen molar-refractivity contribution in [1.29, 1.82) is 0 Å². The number of amides is 2. The average molecular weight is 437 g/mol. The molecule has 0 bridgehead atoms. The van der Waals surface area contributed by atoms with Crippen molar-refractivity contribution in [2.75, 3.05) is 12.0 Å². The summed E-state index contributed by atoms with van der Waals surface area (Å²) < 4.78 is 11.5. The molecule has 0 aliphatic carbocycles. The molecule has 0 radical (unpaired) electrons. The molecule has 1 aromatic heterocycles. The number of benzene rings is 2. The predicted molar refractivity (Wildman–Crippen MR) is 112 cm³/mol. The summed E-state index contributed by atoms with van der Waals surface area (Å²) in [5.41, 5.74) is 1.16. The quantitative estimate of drug-likeness (QED) is 0.319. The van der Waals surface area contributed by atoms with Crippen molar-refractivity contribution in [2.24, 2.45) is 0 Å². The van der Waals surface area contributed by atoms with Crippen molar-refractivity contribution < 1.29 is 28.3 Å². The number of carbonyl (C=O) groups excluding carboxylic acids is 3. The van der Waals surface area contributed by atoms with Crippen LogP contribution < -0.4 is 25.3 Å². The minimum absolute atomic E-state index is 0.00133. The zero-order valence-electron chi connectivity index (χ0n) is 17.5. The van der Waals surface area contributed by atoms with E-state index in [1.54, 1.807) is 55.6 Å². The molecule has 2 aromatic carbocycles. The number of Topliss-reactive ketones (excluding diaryl/α,β-unsaturated/α-hetero) is 1. The molecule has 1 unspecified atom stereocenters. The summed E-state index contributed by atoms with van der Waals surface area (Å²) in [5, 5.41) is 5.51. The largest absolute Gasteiger partial charge is 0.497 e. The van der Waals surface area contributed by atoms with E-state index in [1.807, 2.05) is 0 Å². The zero-order chi connectivity index (χ0) is 22.8. The Bertz CT molecular complexity index is 1230. The monoisotopic (exact) mass is 437 g/mol. The molecule has 1 aliphatic rings. The molecule has 0 saturated carbocycles. The van der Waals surface area contributed by atoms with E-state index in [1.165, 1.54) is 11.6 Å². The minimum atomic E-state index is -0.798. The Morgan fingerprint density at radius 2 is 1.84 bits per heavy atom. The van der Waals surface area contributed by atoms with Crippen molar-refractivity contribution in [3.05, 3.63) is 70.2 Å². The van der Waals surface area contributed by atoms with Crippen LogP contribution in [0.4, 0.5) is 5.69 Å². The number of imide groups is 1. The Labute approximate surface area is 182 Å². The van der Waals surface area contributed by atoms with Gasteiger partial charge in [-0.25, -0.2) is 9.69 Å². The summed E-state index contributed by atoms with van der Waals surface area (Å²) in [6, 6.07) is 12.4. The third-order valence-corrected chi connectivity index (χ3v) is 5.26. The maximum Gasteiger partial charge on any atom is 0.431 e. The summed E-state index contributed by atoms with van der Waals surface area (Å²) in [6.45, 7) is 1.44. The molecule has 2 amide bonds. The van der Waals surface area contributed by atoms with Gasteiger partial charge in [-0.3, -0.25) is 24.2 Å². The molecule has 2 N–H and O–H groups in total. The SMILES string of the molecule is COc1ccc(-[n+]2[nH]oc(=O)c2CNC2CC(=O)N(c3ccc(C(C)=O)cc3)C2=O)cc1. The third-order valence-electron chi connectivity index (χ3n) is 5.26. The Morgan fingerprint density at radius 3 is 2.47 bits per heavy atom. The number of aromatic nitrogens is 2. The van der Waals surface area contributed by atoms with Crippen molar-refractivity contribution in [1.82, 2.24) is 10.6 Å². The second-order valence-electron chi connectivity index (χ2n) is 7.27. The van der Waals surface area contributed by atoms with Crippen molar-refractivity contribution in [2.45, 2.75) is 25.9 Å². The fraction of sp³-hybridized carbons (Fsp3) is 0.227. The van der Waals surface area contributed by atoms with Crippen LogP contribution in [0.3, 0.4) is 0 Å². The lowest BCUT2D eigenvalue weighted by Crippen LogP contribution is -2.44. The molecule has 1 fully saturated rings. The van der Waals surface area contributed by atoms with Gasteiger partial charge < -0.3 is 4.74 Å². The number of H-pyrrole nitrogens is 1. The second-order valence-corrected chi connectivity index (χ2v) is 7.27. The maximum absolute atomic E-state index is 12.9. The van der Waals surface area contributed by atoms with E-state index < -0.39 is 17.6 Å². The summed E-state index contributed by atoms with van der Waals surface area (Å²) in [4.78, 5) is 50.0. The first-order chi connectivity index (χ1) is 15.4. The number of rotatable bonds is 7. The van der Waals surface area contributed by atoms with Gasteiger partial charge >= 0.3 is 11.3 Å². The molecule has 32 heavy (non-hydrogen) atoms. The molecule has 10 nitrogen and oxygen atoms in total. The normalized spacial score (nSPS) is 15.9. The highest BCUT2D eigenvalue weighted by atomic mass is 16.5. The summed E-state index contributed by atoms with van der Waals surface area (Å²) in [7, 11) is 1.55. The number of ether oxygens (including phenoxy) is 1. The number of hydrogen-bond acceptors (Lipinski definition) is 7. The highest BCUT2D eigenvalue weighted by molar-refractivity contribution is 6.22.